The van der Waals surface area contributed by atoms with E-state index in [2.05, 4.69) is 10.4 Å². The van der Waals surface area contributed by atoms with Crippen LogP contribution >= 0.6 is 11.3 Å². The average Bonchev–Trinajstić information content (AvgIpc) is 2.68. The van der Waals surface area contributed by atoms with Crippen LogP contribution in [-0.2, 0) is 4.74 Å². The Hall–Kier alpha value is -0.490. The maximum Gasteiger partial charge on any atom is 0.0798 e. The minimum absolute atomic E-state index is 0.192. The van der Waals surface area contributed by atoms with E-state index in [4.69, 9.17) is 10.6 Å². The summed E-state index contributed by atoms with van der Waals surface area (Å²) in [6, 6.07) is 0.192. The zero-order chi connectivity index (χ0) is 10.7. The fourth-order valence-electron chi connectivity index (χ4n) is 2.06. The lowest BCUT2D eigenvalue weighted by atomic mass is 9.92. The van der Waals surface area contributed by atoms with Gasteiger partial charge < -0.3 is 4.74 Å². The van der Waals surface area contributed by atoms with Crippen molar-refractivity contribution in [3.8, 4) is 0 Å². The van der Waals surface area contributed by atoms with Gasteiger partial charge in [0.05, 0.1) is 23.9 Å². The number of aromatic nitrogens is 1. The predicted molar refractivity (Wildman–Crippen MR) is 60.5 cm³/mol. The minimum Gasteiger partial charge on any atom is -0.381 e. The SMILES string of the molecule is Cc1ncsc1C(NN)C1CCCOC1. The molecule has 1 aliphatic rings. The first-order valence-electron chi connectivity index (χ1n) is 5.26. The van der Waals surface area contributed by atoms with E-state index < -0.39 is 0 Å². The molecule has 2 heterocycles. The molecule has 2 atom stereocenters. The molecule has 1 aromatic rings. The zero-order valence-corrected chi connectivity index (χ0v) is 9.72. The van der Waals surface area contributed by atoms with Gasteiger partial charge in [-0.15, -0.1) is 11.3 Å². The lowest BCUT2D eigenvalue weighted by Crippen LogP contribution is -2.37. The van der Waals surface area contributed by atoms with Crippen LogP contribution in [-0.4, -0.2) is 18.2 Å². The quantitative estimate of drug-likeness (QED) is 0.605. The Bertz CT molecular complexity index is 309. The van der Waals surface area contributed by atoms with Crippen molar-refractivity contribution in [3.63, 3.8) is 0 Å². The number of hydrogen-bond donors (Lipinski definition) is 2. The summed E-state index contributed by atoms with van der Waals surface area (Å²) in [6.45, 7) is 3.71. The van der Waals surface area contributed by atoms with Gasteiger partial charge in [-0.25, -0.2) is 4.98 Å². The van der Waals surface area contributed by atoms with Gasteiger partial charge in [0, 0.05) is 17.4 Å². The molecular formula is C10H17N3OS. The second kappa shape index (κ2) is 5.03. The van der Waals surface area contributed by atoms with Crippen molar-refractivity contribution in [2.75, 3.05) is 13.2 Å². The molecule has 1 fully saturated rings. The van der Waals surface area contributed by atoms with Crippen LogP contribution in [0.5, 0.6) is 0 Å². The Labute approximate surface area is 93.8 Å². The Morgan fingerprint density at radius 3 is 3.13 bits per heavy atom. The molecule has 1 aromatic heterocycles. The molecule has 4 nitrogen and oxygen atoms in total. The van der Waals surface area contributed by atoms with Gasteiger partial charge in [-0.3, -0.25) is 11.3 Å². The number of hydrogen-bond acceptors (Lipinski definition) is 5. The second-order valence-corrected chi connectivity index (χ2v) is 4.81. The molecule has 84 valence electrons. The van der Waals surface area contributed by atoms with Gasteiger partial charge in [0.25, 0.3) is 0 Å². The Morgan fingerprint density at radius 1 is 1.73 bits per heavy atom. The van der Waals surface area contributed by atoms with E-state index in [1.165, 1.54) is 11.3 Å². The molecule has 0 aliphatic carbocycles. The van der Waals surface area contributed by atoms with E-state index in [9.17, 15) is 0 Å². The number of nitrogens with two attached hydrogens (primary N) is 1. The number of aryl methyl sites for hydroxylation is 1. The van der Waals surface area contributed by atoms with E-state index >= 15 is 0 Å². The first kappa shape index (κ1) is 11.0. The normalized spacial score (nSPS) is 24.0. The summed E-state index contributed by atoms with van der Waals surface area (Å²) >= 11 is 1.67. The van der Waals surface area contributed by atoms with Crippen LogP contribution in [0.25, 0.3) is 0 Å². The maximum atomic E-state index is 5.64. The molecule has 2 rings (SSSR count). The van der Waals surface area contributed by atoms with E-state index in [1.54, 1.807) is 11.3 Å². The maximum absolute atomic E-state index is 5.64. The van der Waals surface area contributed by atoms with Crippen molar-refractivity contribution in [2.24, 2.45) is 11.8 Å². The Morgan fingerprint density at radius 2 is 2.60 bits per heavy atom. The monoisotopic (exact) mass is 227 g/mol. The van der Waals surface area contributed by atoms with Gasteiger partial charge in [-0.05, 0) is 19.8 Å². The van der Waals surface area contributed by atoms with E-state index in [-0.39, 0.29) is 6.04 Å². The van der Waals surface area contributed by atoms with Crippen LogP contribution in [0.2, 0.25) is 0 Å². The van der Waals surface area contributed by atoms with Crippen molar-refractivity contribution in [3.05, 3.63) is 16.1 Å². The van der Waals surface area contributed by atoms with Crippen molar-refractivity contribution < 1.29 is 4.74 Å². The lowest BCUT2D eigenvalue weighted by molar-refractivity contribution is 0.0394. The summed E-state index contributed by atoms with van der Waals surface area (Å²) in [5.41, 5.74) is 5.86. The first-order valence-corrected chi connectivity index (χ1v) is 6.14. The summed E-state index contributed by atoms with van der Waals surface area (Å²) < 4.78 is 5.49. The van der Waals surface area contributed by atoms with Crippen LogP contribution < -0.4 is 11.3 Å². The highest BCUT2D eigenvalue weighted by Crippen LogP contribution is 2.31. The fraction of sp³-hybridized carbons (Fsp3) is 0.700. The van der Waals surface area contributed by atoms with E-state index in [0.717, 1.165) is 25.3 Å². The third-order valence-electron chi connectivity index (χ3n) is 2.91. The molecule has 0 amide bonds. The van der Waals surface area contributed by atoms with Crippen LogP contribution in [0, 0.1) is 12.8 Å². The predicted octanol–water partition coefficient (Wildman–Crippen LogP) is 1.38. The van der Waals surface area contributed by atoms with Gasteiger partial charge in [-0.2, -0.15) is 0 Å². The molecule has 0 bridgehead atoms. The van der Waals surface area contributed by atoms with Crippen LogP contribution in [0.4, 0.5) is 0 Å². The smallest absolute Gasteiger partial charge is 0.0798 e. The van der Waals surface area contributed by atoms with Gasteiger partial charge in [-0.1, -0.05) is 0 Å². The molecule has 15 heavy (non-hydrogen) atoms. The summed E-state index contributed by atoms with van der Waals surface area (Å²) in [5, 5.41) is 0. The van der Waals surface area contributed by atoms with Gasteiger partial charge in [0.1, 0.15) is 0 Å². The Kier molecular flexibility index (Phi) is 3.69. The number of hydrazine groups is 1. The molecule has 0 spiro atoms. The molecule has 1 aliphatic heterocycles. The third kappa shape index (κ3) is 2.36. The fourth-order valence-corrected chi connectivity index (χ4v) is 3.02. The van der Waals surface area contributed by atoms with Crippen molar-refractivity contribution in [1.29, 1.82) is 0 Å². The molecule has 5 heteroatoms. The molecule has 0 aromatic carbocycles. The van der Waals surface area contributed by atoms with E-state index in [1.807, 2.05) is 12.4 Å². The van der Waals surface area contributed by atoms with Crippen LogP contribution in [0.3, 0.4) is 0 Å². The number of nitrogens with one attached hydrogen (secondary N) is 1. The van der Waals surface area contributed by atoms with Crippen molar-refractivity contribution in [1.82, 2.24) is 10.4 Å². The third-order valence-corrected chi connectivity index (χ3v) is 3.93. The molecule has 0 saturated carbocycles. The molecule has 0 radical (unpaired) electrons. The van der Waals surface area contributed by atoms with Gasteiger partial charge in [0.2, 0.25) is 0 Å². The van der Waals surface area contributed by atoms with Gasteiger partial charge >= 0.3 is 0 Å². The largest absolute Gasteiger partial charge is 0.381 e. The number of rotatable bonds is 3. The zero-order valence-electron chi connectivity index (χ0n) is 8.90. The average molecular weight is 227 g/mol. The lowest BCUT2D eigenvalue weighted by Gasteiger charge is -2.29. The second-order valence-electron chi connectivity index (χ2n) is 3.92. The number of ether oxygens (including phenoxy) is 1. The highest BCUT2D eigenvalue weighted by Gasteiger charge is 2.27. The summed E-state index contributed by atoms with van der Waals surface area (Å²) in [6.07, 6.45) is 2.30. The Balaban J connectivity index is 2.12. The van der Waals surface area contributed by atoms with E-state index in [0.29, 0.717) is 5.92 Å². The number of nitrogens with zero attached hydrogens (tertiary/aromatic N) is 1. The van der Waals surface area contributed by atoms with Gasteiger partial charge in [0.15, 0.2) is 0 Å². The standard InChI is InChI=1S/C10H17N3OS/c1-7-10(15-6-12-7)9(13-11)8-3-2-4-14-5-8/h6,8-9,13H,2-5,11H2,1H3. The molecule has 1 saturated heterocycles. The van der Waals surface area contributed by atoms with Crippen LogP contribution in [0.15, 0.2) is 5.51 Å². The molecule has 2 unspecified atom stereocenters. The highest BCUT2D eigenvalue weighted by molar-refractivity contribution is 7.09. The number of thiazole rings is 1. The van der Waals surface area contributed by atoms with Crippen molar-refractivity contribution >= 4 is 11.3 Å². The highest BCUT2D eigenvalue weighted by atomic mass is 32.1. The molecule has 3 N–H and O–H groups in total. The molecular weight excluding hydrogens is 210 g/mol. The van der Waals surface area contributed by atoms with Crippen molar-refractivity contribution in [2.45, 2.75) is 25.8 Å². The summed E-state index contributed by atoms with van der Waals surface area (Å²) in [4.78, 5) is 5.51. The van der Waals surface area contributed by atoms with Crippen LogP contribution in [0.1, 0.15) is 29.5 Å². The topological polar surface area (TPSA) is 60.2 Å². The summed E-state index contributed by atoms with van der Waals surface area (Å²) in [5.74, 6) is 6.11. The first-order chi connectivity index (χ1) is 7.33. The minimum atomic E-state index is 0.192. The summed E-state index contributed by atoms with van der Waals surface area (Å²) in [7, 11) is 0.